The van der Waals surface area contributed by atoms with Crippen molar-refractivity contribution in [1.29, 1.82) is 0 Å². The van der Waals surface area contributed by atoms with Gasteiger partial charge < -0.3 is 4.90 Å². The second-order valence-electron chi connectivity index (χ2n) is 5.57. The number of hydrogen-bond acceptors (Lipinski definition) is 3. The molecule has 0 unspecified atom stereocenters. The van der Waals surface area contributed by atoms with E-state index in [0.717, 1.165) is 19.5 Å². The second-order valence-corrected chi connectivity index (χ2v) is 5.57. The van der Waals surface area contributed by atoms with Crippen molar-refractivity contribution in [1.82, 2.24) is 9.80 Å². The van der Waals surface area contributed by atoms with Crippen molar-refractivity contribution in [3.63, 3.8) is 0 Å². The molecule has 90 valence electrons. The Hall–Kier alpha value is -0.410. The lowest BCUT2D eigenvalue weighted by Crippen LogP contribution is -2.34. The molecule has 0 amide bonds. The Labute approximate surface area is 94.4 Å². The topological polar surface area (TPSA) is 23.6 Å². The molecule has 3 heteroatoms. The van der Waals surface area contributed by atoms with E-state index in [-0.39, 0.29) is 5.41 Å². The third kappa shape index (κ3) is 7.51. The van der Waals surface area contributed by atoms with Crippen LogP contribution in [0.5, 0.6) is 0 Å². The van der Waals surface area contributed by atoms with E-state index in [1.54, 1.807) is 0 Å². The number of ketones is 1. The van der Waals surface area contributed by atoms with Crippen LogP contribution in [0.3, 0.4) is 0 Å². The zero-order chi connectivity index (χ0) is 12.1. The predicted molar refractivity (Wildman–Crippen MR) is 65.1 cm³/mol. The predicted octanol–water partition coefficient (Wildman–Crippen LogP) is 1.49. The second kappa shape index (κ2) is 6.23. The highest BCUT2D eigenvalue weighted by Crippen LogP contribution is 2.14. The molecular weight excluding hydrogens is 188 g/mol. The third-order valence-electron chi connectivity index (χ3n) is 2.40. The minimum absolute atomic E-state index is 0.212. The molecule has 0 aromatic carbocycles. The van der Waals surface area contributed by atoms with Gasteiger partial charge in [-0.2, -0.15) is 0 Å². The Morgan fingerprint density at radius 3 is 2.00 bits per heavy atom. The van der Waals surface area contributed by atoms with Crippen LogP contribution >= 0.6 is 0 Å². The summed E-state index contributed by atoms with van der Waals surface area (Å²) in [5.41, 5.74) is -0.212. The first kappa shape index (κ1) is 14.6. The normalized spacial score (nSPS) is 12.5. The van der Waals surface area contributed by atoms with E-state index in [2.05, 4.69) is 23.9 Å². The Bertz CT molecular complexity index is 194. The molecule has 0 saturated heterocycles. The van der Waals surface area contributed by atoms with Gasteiger partial charge in [0, 0.05) is 5.41 Å². The standard InChI is InChI=1S/C12H26N2O/c1-12(2,3)11(15)10-14(6)9-7-8-13(4)5/h7-10H2,1-6H3. The summed E-state index contributed by atoms with van der Waals surface area (Å²) in [6.45, 7) is 8.56. The highest BCUT2D eigenvalue weighted by atomic mass is 16.1. The van der Waals surface area contributed by atoms with Crippen LogP contribution in [0.1, 0.15) is 27.2 Å². The minimum atomic E-state index is -0.212. The zero-order valence-electron chi connectivity index (χ0n) is 11.1. The average Bonchev–Trinajstić information content (AvgIpc) is 2.01. The fourth-order valence-electron chi connectivity index (χ4n) is 1.22. The summed E-state index contributed by atoms with van der Waals surface area (Å²) >= 11 is 0. The Morgan fingerprint density at radius 1 is 1.07 bits per heavy atom. The Morgan fingerprint density at radius 2 is 1.60 bits per heavy atom. The van der Waals surface area contributed by atoms with Gasteiger partial charge in [0.15, 0.2) is 5.78 Å². The van der Waals surface area contributed by atoms with E-state index in [1.165, 1.54) is 0 Å². The van der Waals surface area contributed by atoms with E-state index in [1.807, 2.05) is 27.8 Å². The monoisotopic (exact) mass is 214 g/mol. The fraction of sp³-hybridized carbons (Fsp3) is 0.917. The lowest BCUT2D eigenvalue weighted by atomic mass is 9.90. The van der Waals surface area contributed by atoms with Crippen molar-refractivity contribution in [2.75, 3.05) is 40.8 Å². The van der Waals surface area contributed by atoms with Crippen LogP contribution in [-0.2, 0) is 4.79 Å². The van der Waals surface area contributed by atoms with Gasteiger partial charge >= 0.3 is 0 Å². The smallest absolute Gasteiger partial charge is 0.152 e. The molecule has 0 heterocycles. The summed E-state index contributed by atoms with van der Waals surface area (Å²) in [6, 6.07) is 0. The van der Waals surface area contributed by atoms with Gasteiger partial charge in [-0.3, -0.25) is 9.69 Å². The van der Waals surface area contributed by atoms with Crippen LogP contribution in [0.4, 0.5) is 0 Å². The number of carbonyl (C=O) groups is 1. The lowest BCUT2D eigenvalue weighted by molar-refractivity contribution is -0.127. The molecule has 0 aromatic heterocycles. The van der Waals surface area contributed by atoms with Crippen molar-refractivity contribution in [3.8, 4) is 0 Å². The summed E-state index contributed by atoms with van der Waals surface area (Å²) in [5.74, 6) is 0.315. The molecule has 0 aliphatic carbocycles. The zero-order valence-corrected chi connectivity index (χ0v) is 11.1. The highest BCUT2D eigenvalue weighted by molar-refractivity contribution is 5.85. The third-order valence-corrected chi connectivity index (χ3v) is 2.40. The Kier molecular flexibility index (Phi) is 6.06. The molecule has 3 nitrogen and oxygen atoms in total. The molecule has 0 aromatic rings. The molecule has 0 rings (SSSR count). The number of carbonyl (C=O) groups excluding carboxylic acids is 1. The van der Waals surface area contributed by atoms with Gasteiger partial charge in [0.25, 0.3) is 0 Å². The maximum atomic E-state index is 11.7. The molecule has 0 saturated carbocycles. The van der Waals surface area contributed by atoms with Gasteiger partial charge in [-0.1, -0.05) is 20.8 Å². The molecule has 0 aliphatic rings. The van der Waals surface area contributed by atoms with Gasteiger partial charge in [-0.15, -0.1) is 0 Å². The van der Waals surface area contributed by atoms with Crippen LogP contribution in [0, 0.1) is 5.41 Å². The van der Waals surface area contributed by atoms with Crippen molar-refractivity contribution in [3.05, 3.63) is 0 Å². The molecule has 0 spiro atoms. The lowest BCUT2D eigenvalue weighted by Gasteiger charge is -2.22. The van der Waals surface area contributed by atoms with Gasteiger partial charge in [-0.25, -0.2) is 0 Å². The SMILES string of the molecule is CN(C)CCCN(C)CC(=O)C(C)(C)C. The van der Waals surface area contributed by atoms with E-state index in [0.29, 0.717) is 12.3 Å². The van der Waals surface area contributed by atoms with Crippen molar-refractivity contribution in [2.24, 2.45) is 5.41 Å². The van der Waals surface area contributed by atoms with Gasteiger partial charge in [0.2, 0.25) is 0 Å². The molecule has 0 fully saturated rings. The van der Waals surface area contributed by atoms with Gasteiger partial charge in [-0.05, 0) is 40.7 Å². The fourth-order valence-corrected chi connectivity index (χ4v) is 1.22. The first-order valence-corrected chi connectivity index (χ1v) is 5.60. The number of nitrogens with zero attached hydrogens (tertiary/aromatic N) is 2. The average molecular weight is 214 g/mol. The largest absolute Gasteiger partial charge is 0.309 e. The molecule has 0 atom stereocenters. The van der Waals surface area contributed by atoms with E-state index in [9.17, 15) is 4.79 Å². The van der Waals surface area contributed by atoms with Crippen LogP contribution < -0.4 is 0 Å². The van der Waals surface area contributed by atoms with Gasteiger partial charge in [0.1, 0.15) is 0 Å². The number of Topliss-reactive ketones (excluding diaryl/α,β-unsaturated/α-hetero) is 1. The summed E-state index contributed by atoms with van der Waals surface area (Å²) < 4.78 is 0. The minimum Gasteiger partial charge on any atom is -0.309 e. The first-order chi connectivity index (χ1) is 6.73. The van der Waals surface area contributed by atoms with Crippen molar-refractivity contribution < 1.29 is 4.79 Å². The Balaban J connectivity index is 3.75. The summed E-state index contributed by atoms with van der Waals surface area (Å²) in [6.07, 6.45) is 1.11. The first-order valence-electron chi connectivity index (χ1n) is 5.60. The number of likely N-dealkylation sites (N-methyl/N-ethyl adjacent to an activating group) is 1. The van der Waals surface area contributed by atoms with Crippen molar-refractivity contribution >= 4 is 5.78 Å². The van der Waals surface area contributed by atoms with Crippen molar-refractivity contribution in [2.45, 2.75) is 27.2 Å². The molecule has 15 heavy (non-hydrogen) atoms. The number of rotatable bonds is 6. The van der Waals surface area contributed by atoms with Crippen LogP contribution in [0.15, 0.2) is 0 Å². The summed E-state index contributed by atoms with van der Waals surface area (Å²) in [4.78, 5) is 16.0. The number of hydrogen-bond donors (Lipinski definition) is 0. The summed E-state index contributed by atoms with van der Waals surface area (Å²) in [5, 5.41) is 0. The van der Waals surface area contributed by atoms with Gasteiger partial charge in [0.05, 0.1) is 6.54 Å². The van der Waals surface area contributed by atoms with E-state index < -0.39 is 0 Å². The molecule has 0 N–H and O–H groups in total. The highest BCUT2D eigenvalue weighted by Gasteiger charge is 2.21. The molecule has 0 aliphatic heterocycles. The molecular formula is C12H26N2O. The molecule has 0 radical (unpaired) electrons. The maximum Gasteiger partial charge on any atom is 0.152 e. The maximum absolute atomic E-state index is 11.7. The molecule has 0 bridgehead atoms. The summed E-state index contributed by atoms with van der Waals surface area (Å²) in [7, 11) is 6.15. The van der Waals surface area contributed by atoms with E-state index in [4.69, 9.17) is 0 Å². The van der Waals surface area contributed by atoms with Crippen LogP contribution in [-0.4, -0.2) is 56.4 Å². The quantitative estimate of drug-likeness (QED) is 0.669. The van der Waals surface area contributed by atoms with E-state index >= 15 is 0 Å². The van der Waals surface area contributed by atoms with Crippen LogP contribution in [0.25, 0.3) is 0 Å². The van der Waals surface area contributed by atoms with Crippen LogP contribution in [0.2, 0.25) is 0 Å².